The van der Waals surface area contributed by atoms with Gasteiger partial charge in [-0.3, -0.25) is 4.99 Å². The van der Waals surface area contributed by atoms with Crippen molar-refractivity contribution < 1.29 is 0 Å². The molecule has 0 spiro atoms. The van der Waals surface area contributed by atoms with Gasteiger partial charge < -0.3 is 15.5 Å². The summed E-state index contributed by atoms with van der Waals surface area (Å²) >= 11 is 1.77. The maximum atomic E-state index is 4.44. The van der Waals surface area contributed by atoms with Crippen LogP contribution in [0.1, 0.15) is 43.5 Å². The maximum absolute atomic E-state index is 4.44. The Morgan fingerprint density at radius 3 is 2.74 bits per heavy atom. The summed E-state index contributed by atoms with van der Waals surface area (Å²) in [5.41, 5.74) is 0. The summed E-state index contributed by atoms with van der Waals surface area (Å²) < 4.78 is 0. The van der Waals surface area contributed by atoms with Crippen molar-refractivity contribution in [2.75, 3.05) is 26.7 Å². The molecule has 1 aliphatic rings. The molecule has 0 radical (unpaired) electrons. The molecule has 1 fully saturated rings. The molecule has 2 heterocycles. The molecular weight excluding hydrogens is 306 g/mol. The van der Waals surface area contributed by atoms with Crippen LogP contribution in [-0.4, -0.2) is 48.6 Å². The standard InChI is InChI=1S/C17H31N5S/c1-5-15-10-19-16(23-15)11-20-17(18-4)21-14-6-8-22(9-7-14)12-13(2)3/h10,13-14H,5-9,11-12H2,1-4H3,(H2,18,20,21). The largest absolute Gasteiger partial charge is 0.354 e. The Morgan fingerprint density at radius 1 is 1.43 bits per heavy atom. The lowest BCUT2D eigenvalue weighted by atomic mass is 10.0. The van der Waals surface area contributed by atoms with E-state index >= 15 is 0 Å². The number of aryl methyl sites for hydroxylation is 1. The fourth-order valence-electron chi connectivity index (χ4n) is 2.92. The lowest BCUT2D eigenvalue weighted by molar-refractivity contribution is 0.187. The van der Waals surface area contributed by atoms with Gasteiger partial charge in [-0.15, -0.1) is 11.3 Å². The Hall–Kier alpha value is -1.14. The van der Waals surface area contributed by atoms with E-state index in [2.05, 4.69) is 46.3 Å². The lowest BCUT2D eigenvalue weighted by Gasteiger charge is -2.33. The lowest BCUT2D eigenvalue weighted by Crippen LogP contribution is -2.48. The fraction of sp³-hybridized carbons (Fsp3) is 0.765. The first-order chi connectivity index (χ1) is 11.1. The highest BCUT2D eigenvalue weighted by atomic mass is 32.1. The molecule has 1 saturated heterocycles. The quantitative estimate of drug-likeness (QED) is 0.618. The van der Waals surface area contributed by atoms with Crippen LogP contribution in [-0.2, 0) is 13.0 Å². The number of nitrogens with zero attached hydrogens (tertiary/aromatic N) is 3. The number of rotatable bonds is 6. The zero-order valence-corrected chi connectivity index (χ0v) is 15.7. The molecule has 0 aliphatic carbocycles. The van der Waals surface area contributed by atoms with Gasteiger partial charge >= 0.3 is 0 Å². The van der Waals surface area contributed by atoms with Gasteiger partial charge in [0.25, 0.3) is 0 Å². The van der Waals surface area contributed by atoms with Crippen LogP contribution in [0, 0.1) is 5.92 Å². The van der Waals surface area contributed by atoms with E-state index in [0.717, 1.165) is 29.9 Å². The summed E-state index contributed by atoms with van der Waals surface area (Å²) in [7, 11) is 1.84. The summed E-state index contributed by atoms with van der Waals surface area (Å²) in [6.45, 7) is 11.1. The minimum absolute atomic E-state index is 0.520. The number of piperidine rings is 1. The molecule has 0 amide bonds. The van der Waals surface area contributed by atoms with Crippen molar-refractivity contribution in [3.63, 3.8) is 0 Å². The van der Waals surface area contributed by atoms with E-state index in [0.29, 0.717) is 6.04 Å². The van der Waals surface area contributed by atoms with Gasteiger partial charge in [-0.2, -0.15) is 0 Å². The third kappa shape index (κ3) is 6.11. The fourth-order valence-corrected chi connectivity index (χ4v) is 3.72. The van der Waals surface area contributed by atoms with Crippen molar-refractivity contribution in [3.8, 4) is 0 Å². The molecule has 0 aromatic carbocycles. The third-order valence-corrected chi connectivity index (χ3v) is 5.27. The van der Waals surface area contributed by atoms with Gasteiger partial charge in [-0.25, -0.2) is 4.98 Å². The van der Waals surface area contributed by atoms with Gasteiger partial charge in [0.05, 0.1) is 6.54 Å². The molecule has 6 heteroatoms. The summed E-state index contributed by atoms with van der Waals surface area (Å²) in [4.78, 5) is 12.7. The molecular formula is C17H31N5S. The summed E-state index contributed by atoms with van der Waals surface area (Å²) in [6.07, 6.45) is 5.40. The van der Waals surface area contributed by atoms with Gasteiger partial charge in [0.15, 0.2) is 5.96 Å². The van der Waals surface area contributed by atoms with Crippen LogP contribution in [0.5, 0.6) is 0 Å². The molecule has 1 aliphatic heterocycles. The first kappa shape index (κ1) is 18.2. The van der Waals surface area contributed by atoms with Crippen LogP contribution in [0.2, 0.25) is 0 Å². The van der Waals surface area contributed by atoms with E-state index in [1.165, 1.54) is 37.4 Å². The van der Waals surface area contributed by atoms with E-state index in [4.69, 9.17) is 0 Å². The molecule has 0 bridgehead atoms. The van der Waals surface area contributed by atoms with Gasteiger partial charge in [-0.1, -0.05) is 20.8 Å². The van der Waals surface area contributed by atoms with Crippen molar-refractivity contribution in [2.45, 2.75) is 52.6 Å². The molecule has 2 N–H and O–H groups in total. The van der Waals surface area contributed by atoms with Crippen LogP contribution in [0.3, 0.4) is 0 Å². The van der Waals surface area contributed by atoms with Gasteiger partial charge in [0.2, 0.25) is 0 Å². The predicted molar refractivity (Wildman–Crippen MR) is 99.1 cm³/mol. The minimum Gasteiger partial charge on any atom is -0.354 e. The highest BCUT2D eigenvalue weighted by Gasteiger charge is 2.20. The van der Waals surface area contributed by atoms with Crippen molar-refractivity contribution in [3.05, 3.63) is 16.1 Å². The average molecular weight is 338 g/mol. The first-order valence-electron chi connectivity index (χ1n) is 8.73. The van der Waals surface area contributed by atoms with Crippen molar-refractivity contribution in [2.24, 2.45) is 10.9 Å². The van der Waals surface area contributed by atoms with Gasteiger partial charge in [0, 0.05) is 43.8 Å². The Morgan fingerprint density at radius 2 is 2.17 bits per heavy atom. The number of thiazole rings is 1. The number of aromatic nitrogens is 1. The number of hydrogen-bond acceptors (Lipinski definition) is 4. The smallest absolute Gasteiger partial charge is 0.191 e. The molecule has 2 rings (SSSR count). The Balaban J connectivity index is 1.73. The Bertz CT molecular complexity index is 489. The first-order valence-corrected chi connectivity index (χ1v) is 9.55. The molecule has 0 saturated carbocycles. The SMILES string of the molecule is CCc1cnc(CNC(=NC)NC2CCN(CC(C)C)CC2)s1. The summed E-state index contributed by atoms with van der Waals surface area (Å²) in [6, 6.07) is 0.520. The van der Waals surface area contributed by atoms with Crippen LogP contribution in [0.4, 0.5) is 0 Å². The molecule has 23 heavy (non-hydrogen) atoms. The van der Waals surface area contributed by atoms with E-state index in [1.807, 2.05) is 13.2 Å². The number of aliphatic imine (C=N–C) groups is 1. The molecule has 0 unspecified atom stereocenters. The topological polar surface area (TPSA) is 52.6 Å². The van der Waals surface area contributed by atoms with Gasteiger partial charge in [-0.05, 0) is 25.2 Å². The highest BCUT2D eigenvalue weighted by Crippen LogP contribution is 2.14. The second kappa shape index (κ2) is 9.23. The average Bonchev–Trinajstić information content (AvgIpc) is 3.00. The van der Waals surface area contributed by atoms with Crippen molar-refractivity contribution >= 4 is 17.3 Å². The number of nitrogens with one attached hydrogen (secondary N) is 2. The van der Waals surface area contributed by atoms with Crippen molar-refractivity contribution in [1.82, 2.24) is 20.5 Å². The zero-order chi connectivity index (χ0) is 16.7. The third-order valence-electron chi connectivity index (χ3n) is 4.13. The maximum Gasteiger partial charge on any atom is 0.191 e. The van der Waals surface area contributed by atoms with Gasteiger partial charge in [0.1, 0.15) is 5.01 Å². The number of hydrogen-bond donors (Lipinski definition) is 2. The number of likely N-dealkylation sites (tertiary alicyclic amines) is 1. The molecule has 1 aromatic heterocycles. The van der Waals surface area contributed by atoms with E-state index in [1.54, 1.807) is 11.3 Å². The van der Waals surface area contributed by atoms with Crippen LogP contribution in [0.15, 0.2) is 11.2 Å². The van der Waals surface area contributed by atoms with E-state index in [-0.39, 0.29) is 0 Å². The summed E-state index contributed by atoms with van der Waals surface area (Å²) in [5.74, 6) is 1.64. The zero-order valence-electron chi connectivity index (χ0n) is 14.9. The van der Waals surface area contributed by atoms with E-state index in [9.17, 15) is 0 Å². The van der Waals surface area contributed by atoms with Crippen LogP contribution < -0.4 is 10.6 Å². The Kier molecular flexibility index (Phi) is 7.30. The predicted octanol–water partition coefficient (Wildman–Crippen LogP) is 2.49. The number of guanidine groups is 1. The summed E-state index contributed by atoms with van der Waals surface area (Å²) in [5, 5.41) is 8.07. The van der Waals surface area contributed by atoms with Crippen molar-refractivity contribution in [1.29, 1.82) is 0 Å². The van der Waals surface area contributed by atoms with Crippen LogP contribution >= 0.6 is 11.3 Å². The molecule has 1 aromatic rings. The second-order valence-electron chi connectivity index (χ2n) is 6.61. The molecule has 130 valence electrons. The monoisotopic (exact) mass is 337 g/mol. The normalized spacial score (nSPS) is 17.7. The molecule has 0 atom stereocenters. The van der Waals surface area contributed by atoms with E-state index < -0.39 is 0 Å². The Labute approximate surface area is 144 Å². The minimum atomic E-state index is 0.520. The van der Waals surface area contributed by atoms with Crippen LogP contribution in [0.25, 0.3) is 0 Å². The second-order valence-corrected chi connectivity index (χ2v) is 7.81. The highest BCUT2D eigenvalue weighted by molar-refractivity contribution is 7.11. The molecule has 5 nitrogen and oxygen atoms in total.